The summed E-state index contributed by atoms with van der Waals surface area (Å²) >= 11 is 0. The largest absolute Gasteiger partial charge is 0.214 e. The Bertz CT molecular complexity index is 463. The number of aryl methyl sites for hydroxylation is 1. The predicted molar refractivity (Wildman–Crippen MR) is 69.5 cm³/mol. The molecule has 0 aliphatic rings. The van der Waals surface area contributed by atoms with Crippen molar-refractivity contribution in [2.75, 3.05) is 0 Å². The van der Waals surface area contributed by atoms with Gasteiger partial charge in [-0.25, -0.2) is 9.13 Å². The maximum Gasteiger partial charge on any atom is 0.200 e. The van der Waals surface area contributed by atoms with E-state index in [4.69, 9.17) is 0 Å². The van der Waals surface area contributed by atoms with Gasteiger partial charge in [0.2, 0.25) is 7.28 Å². The molecule has 0 aromatic carbocycles. The normalized spacial score (nSPS) is 10.2. The topological polar surface area (TPSA) is 7.76 Å². The first-order chi connectivity index (χ1) is 8.29. The Morgan fingerprint density at radius 2 is 1.47 bits per heavy atom. The lowest BCUT2D eigenvalue weighted by atomic mass is 9.75. The molecule has 0 N–H and O–H groups in total. The number of pyridine rings is 2. The summed E-state index contributed by atoms with van der Waals surface area (Å²) in [5, 5.41) is 0. The molecule has 2 heterocycles. The Labute approximate surface area is 104 Å². The van der Waals surface area contributed by atoms with Crippen LogP contribution in [-0.2, 0) is 13.5 Å². The second-order valence-electron chi connectivity index (χ2n) is 4.23. The summed E-state index contributed by atoms with van der Waals surface area (Å²) in [5.41, 5.74) is 2.52. The maximum atomic E-state index is 2.27. The molecule has 0 spiro atoms. The Balaban J connectivity index is 2.14. The molecular formula is C14H18BN2+2. The van der Waals surface area contributed by atoms with Gasteiger partial charge >= 0.3 is 0 Å². The third kappa shape index (κ3) is 3.16. The van der Waals surface area contributed by atoms with Gasteiger partial charge in [0.1, 0.15) is 13.5 Å². The number of hydrogen-bond donors (Lipinski definition) is 0. The minimum absolute atomic E-state index is 0.987. The van der Waals surface area contributed by atoms with Gasteiger partial charge in [0.05, 0.1) is 0 Å². The smallest absolute Gasteiger partial charge is 0.200 e. The standard InChI is InChI=1S/C14H18BN2/c1-3-15-12-17-10-6-14(7-11-17)13-4-8-16(2)9-5-13/h4-11H,3,12H2,1-2H3/q+2. The molecule has 2 aromatic heterocycles. The van der Waals surface area contributed by atoms with Gasteiger partial charge in [-0.2, -0.15) is 0 Å². The number of hydrogen-bond acceptors (Lipinski definition) is 0. The highest BCUT2D eigenvalue weighted by Crippen LogP contribution is 2.15. The number of rotatable bonds is 4. The molecule has 0 aliphatic carbocycles. The van der Waals surface area contributed by atoms with Crippen LogP contribution in [0.2, 0.25) is 6.32 Å². The zero-order valence-corrected chi connectivity index (χ0v) is 10.5. The highest BCUT2D eigenvalue weighted by Gasteiger charge is 2.03. The van der Waals surface area contributed by atoms with Crippen molar-refractivity contribution >= 4 is 7.28 Å². The van der Waals surface area contributed by atoms with Crippen LogP contribution in [-0.4, -0.2) is 7.28 Å². The molecule has 0 atom stereocenters. The molecule has 3 heteroatoms. The van der Waals surface area contributed by atoms with Crippen LogP contribution in [0, 0.1) is 0 Å². The fourth-order valence-corrected chi connectivity index (χ4v) is 1.74. The van der Waals surface area contributed by atoms with Gasteiger partial charge in [-0.05, 0) is 11.1 Å². The first-order valence-corrected chi connectivity index (χ1v) is 6.06. The zero-order chi connectivity index (χ0) is 12.1. The van der Waals surface area contributed by atoms with Gasteiger partial charge in [-0.15, -0.1) is 0 Å². The summed E-state index contributed by atoms with van der Waals surface area (Å²) in [4.78, 5) is 0. The van der Waals surface area contributed by atoms with Crippen molar-refractivity contribution in [2.24, 2.45) is 7.05 Å². The molecule has 17 heavy (non-hydrogen) atoms. The first-order valence-electron chi connectivity index (χ1n) is 6.06. The molecule has 2 aromatic rings. The number of aromatic nitrogens is 2. The molecule has 0 bridgehead atoms. The molecule has 85 valence electrons. The quantitative estimate of drug-likeness (QED) is 0.551. The SMILES string of the molecule is CC[B]C[n+]1ccc(-c2cc[n+](C)cc2)cc1. The Kier molecular flexibility index (Phi) is 3.91. The fraction of sp³-hybridized carbons (Fsp3) is 0.286. The summed E-state index contributed by atoms with van der Waals surface area (Å²) in [5.74, 6) is 0. The zero-order valence-electron chi connectivity index (χ0n) is 10.5. The van der Waals surface area contributed by atoms with E-state index in [1.54, 1.807) is 0 Å². The van der Waals surface area contributed by atoms with Gasteiger partial charge in [0, 0.05) is 24.3 Å². The van der Waals surface area contributed by atoms with Crippen molar-refractivity contribution in [1.82, 2.24) is 0 Å². The first kappa shape index (κ1) is 11.8. The van der Waals surface area contributed by atoms with E-state index < -0.39 is 0 Å². The minimum Gasteiger partial charge on any atom is -0.214 e. The molecular weight excluding hydrogens is 207 g/mol. The molecule has 0 saturated heterocycles. The Morgan fingerprint density at radius 3 is 2.00 bits per heavy atom. The lowest BCUT2D eigenvalue weighted by Crippen LogP contribution is -2.35. The monoisotopic (exact) mass is 225 g/mol. The van der Waals surface area contributed by atoms with Crippen molar-refractivity contribution in [2.45, 2.75) is 19.7 Å². The Morgan fingerprint density at radius 1 is 0.941 bits per heavy atom. The van der Waals surface area contributed by atoms with Crippen LogP contribution in [0.15, 0.2) is 49.1 Å². The van der Waals surface area contributed by atoms with E-state index in [1.165, 1.54) is 11.1 Å². The lowest BCUT2D eigenvalue weighted by Gasteiger charge is -1.99. The van der Waals surface area contributed by atoms with E-state index in [0.29, 0.717) is 0 Å². The molecule has 2 nitrogen and oxygen atoms in total. The van der Waals surface area contributed by atoms with Gasteiger partial charge < -0.3 is 0 Å². The summed E-state index contributed by atoms with van der Waals surface area (Å²) in [7, 11) is 4.30. The Hall–Kier alpha value is -1.64. The second kappa shape index (κ2) is 5.62. The summed E-state index contributed by atoms with van der Waals surface area (Å²) < 4.78 is 4.23. The highest BCUT2D eigenvalue weighted by atomic mass is 14.9. The van der Waals surface area contributed by atoms with Crippen LogP contribution < -0.4 is 9.13 Å². The molecule has 2 rings (SSSR count). The van der Waals surface area contributed by atoms with E-state index in [0.717, 1.165) is 12.8 Å². The van der Waals surface area contributed by atoms with Crippen LogP contribution in [0.4, 0.5) is 0 Å². The fourth-order valence-electron chi connectivity index (χ4n) is 1.74. The van der Waals surface area contributed by atoms with E-state index >= 15 is 0 Å². The number of nitrogens with zero attached hydrogens (tertiary/aromatic N) is 2. The highest BCUT2D eigenvalue weighted by molar-refractivity contribution is 6.32. The second-order valence-corrected chi connectivity index (χ2v) is 4.23. The third-order valence-corrected chi connectivity index (χ3v) is 2.83. The maximum absolute atomic E-state index is 2.27. The molecule has 0 saturated carbocycles. The predicted octanol–water partition coefficient (Wildman–Crippen LogP) is 1.57. The third-order valence-electron chi connectivity index (χ3n) is 2.83. The lowest BCUT2D eigenvalue weighted by molar-refractivity contribution is -0.679. The van der Waals surface area contributed by atoms with Crippen molar-refractivity contribution in [3.63, 3.8) is 0 Å². The van der Waals surface area contributed by atoms with Gasteiger partial charge in [-0.1, -0.05) is 13.2 Å². The van der Waals surface area contributed by atoms with E-state index in [-0.39, 0.29) is 0 Å². The summed E-state index contributed by atoms with van der Waals surface area (Å²) in [6, 6.07) is 8.60. The van der Waals surface area contributed by atoms with Gasteiger partial charge in [0.25, 0.3) is 0 Å². The molecule has 0 aliphatic heterocycles. The molecule has 1 radical (unpaired) electrons. The molecule has 0 fully saturated rings. The van der Waals surface area contributed by atoms with Crippen molar-refractivity contribution in [3.05, 3.63) is 49.1 Å². The summed E-state index contributed by atoms with van der Waals surface area (Å²) in [6.07, 6.45) is 10.5. The van der Waals surface area contributed by atoms with Crippen molar-refractivity contribution < 1.29 is 9.13 Å². The molecule has 0 amide bonds. The van der Waals surface area contributed by atoms with E-state index in [1.807, 2.05) is 11.6 Å². The van der Waals surface area contributed by atoms with Crippen LogP contribution in [0.3, 0.4) is 0 Å². The van der Waals surface area contributed by atoms with Crippen molar-refractivity contribution in [3.8, 4) is 11.1 Å². The van der Waals surface area contributed by atoms with Gasteiger partial charge in [0.15, 0.2) is 24.8 Å². The average Bonchev–Trinajstić information content (AvgIpc) is 2.38. The minimum atomic E-state index is 0.987. The van der Waals surface area contributed by atoms with E-state index in [2.05, 4.69) is 67.8 Å². The van der Waals surface area contributed by atoms with Crippen LogP contribution in [0.25, 0.3) is 11.1 Å². The van der Waals surface area contributed by atoms with Crippen LogP contribution in [0.1, 0.15) is 6.92 Å². The average molecular weight is 225 g/mol. The summed E-state index contributed by atoms with van der Waals surface area (Å²) in [6.45, 7) is 2.17. The van der Waals surface area contributed by atoms with Crippen LogP contribution >= 0.6 is 0 Å². The van der Waals surface area contributed by atoms with Crippen molar-refractivity contribution in [1.29, 1.82) is 0 Å². The van der Waals surface area contributed by atoms with Gasteiger partial charge in [-0.3, -0.25) is 0 Å². The molecule has 0 unspecified atom stereocenters. The van der Waals surface area contributed by atoms with Crippen LogP contribution in [0.5, 0.6) is 0 Å². The van der Waals surface area contributed by atoms with E-state index in [9.17, 15) is 0 Å².